The second kappa shape index (κ2) is 21.5. The number of carboxylic acids is 1. The van der Waals surface area contributed by atoms with Crippen LogP contribution < -0.4 is 32.7 Å². The fourth-order valence-electron chi connectivity index (χ4n) is 6.57. The van der Waals surface area contributed by atoms with Gasteiger partial charge in [-0.15, -0.1) is 0 Å². The largest absolute Gasteiger partial charge is 0.480 e. The van der Waals surface area contributed by atoms with E-state index in [-0.39, 0.29) is 42.7 Å². The minimum atomic E-state index is -1.23. The number of nitrogens with two attached hydrogens (primary N) is 2. The van der Waals surface area contributed by atoms with Gasteiger partial charge in [0, 0.05) is 38.6 Å². The van der Waals surface area contributed by atoms with Crippen molar-refractivity contribution in [2.75, 3.05) is 39.3 Å². The van der Waals surface area contributed by atoms with Gasteiger partial charge in [-0.05, 0) is 68.0 Å². The minimum Gasteiger partial charge on any atom is -0.480 e. The molecule has 2 aromatic rings. The molecule has 4 atom stereocenters. The molecule has 9 N–H and O–H groups in total. The van der Waals surface area contributed by atoms with E-state index >= 15 is 0 Å². The van der Waals surface area contributed by atoms with Gasteiger partial charge < -0.3 is 42.7 Å². The molecule has 0 aliphatic carbocycles. The number of nitrogens with one attached hydrogen (secondary N) is 4. The molecule has 0 radical (unpaired) electrons. The number of amides is 3. The SMILES string of the molecule is CCC(CNCC(=O)N[C@H](Cc1ccccc1)C(=O)N[C@H](CC(C)C)C(=O)N[C@H](CCCCN)CN1CCC(N)(C(=O)O)CC1)c1ccccc1. The van der Waals surface area contributed by atoms with E-state index in [1.165, 1.54) is 5.56 Å². The number of carboxylic acid groups (broad SMARTS) is 1. The van der Waals surface area contributed by atoms with Crippen molar-refractivity contribution >= 4 is 23.7 Å². The van der Waals surface area contributed by atoms with Gasteiger partial charge in [-0.1, -0.05) is 87.9 Å². The topological polar surface area (TPSA) is 192 Å². The number of carbonyl (C=O) groups excluding carboxylic acids is 3. The summed E-state index contributed by atoms with van der Waals surface area (Å²) < 4.78 is 0. The van der Waals surface area contributed by atoms with Gasteiger partial charge >= 0.3 is 5.97 Å². The zero-order valence-electron chi connectivity index (χ0n) is 30.7. The summed E-state index contributed by atoms with van der Waals surface area (Å²) in [6.45, 7) is 8.89. The first-order chi connectivity index (χ1) is 24.4. The van der Waals surface area contributed by atoms with Crippen LogP contribution in [0.4, 0.5) is 0 Å². The maximum Gasteiger partial charge on any atom is 0.323 e. The van der Waals surface area contributed by atoms with E-state index in [0.717, 1.165) is 24.8 Å². The number of piperidine rings is 1. The van der Waals surface area contributed by atoms with Gasteiger partial charge in [-0.25, -0.2) is 0 Å². The molecule has 1 saturated heterocycles. The van der Waals surface area contributed by atoms with Crippen LogP contribution in [0, 0.1) is 5.92 Å². The predicted molar refractivity (Wildman–Crippen MR) is 201 cm³/mol. The van der Waals surface area contributed by atoms with E-state index < -0.39 is 29.5 Å². The average Bonchev–Trinajstić information content (AvgIpc) is 3.11. The van der Waals surface area contributed by atoms with Crippen LogP contribution in [-0.2, 0) is 25.6 Å². The van der Waals surface area contributed by atoms with Gasteiger partial charge in [0.2, 0.25) is 17.7 Å². The van der Waals surface area contributed by atoms with E-state index in [4.69, 9.17) is 11.5 Å². The van der Waals surface area contributed by atoms with Gasteiger partial charge in [0.25, 0.3) is 0 Å². The van der Waals surface area contributed by atoms with Crippen LogP contribution in [0.5, 0.6) is 0 Å². The normalized spacial score (nSPS) is 16.8. The summed E-state index contributed by atoms with van der Waals surface area (Å²) >= 11 is 0. The maximum atomic E-state index is 13.9. The molecule has 1 heterocycles. The van der Waals surface area contributed by atoms with Crippen molar-refractivity contribution in [2.45, 2.75) is 102 Å². The molecule has 1 fully saturated rings. The number of unbranched alkanes of at least 4 members (excludes halogenated alkanes) is 1. The first kappa shape index (κ1) is 41.6. The monoisotopic (exact) mass is 707 g/mol. The molecular weight excluding hydrogens is 646 g/mol. The summed E-state index contributed by atoms with van der Waals surface area (Å²) in [7, 11) is 0. The number of carbonyl (C=O) groups is 4. The van der Waals surface area contributed by atoms with Crippen LogP contribution >= 0.6 is 0 Å². The third-order valence-electron chi connectivity index (χ3n) is 9.72. The Labute approximate surface area is 303 Å². The van der Waals surface area contributed by atoms with E-state index in [1.807, 2.05) is 62.4 Å². The van der Waals surface area contributed by atoms with Gasteiger partial charge in [-0.3, -0.25) is 19.2 Å². The molecule has 1 unspecified atom stereocenters. The third kappa shape index (κ3) is 14.4. The van der Waals surface area contributed by atoms with E-state index in [0.29, 0.717) is 58.4 Å². The Morgan fingerprint density at radius 3 is 2.10 bits per heavy atom. The fourth-order valence-corrected chi connectivity index (χ4v) is 6.57. The summed E-state index contributed by atoms with van der Waals surface area (Å²) in [5.41, 5.74) is 12.7. The zero-order chi connectivity index (χ0) is 37.2. The quantitative estimate of drug-likeness (QED) is 0.0902. The molecule has 0 bridgehead atoms. The summed E-state index contributed by atoms with van der Waals surface area (Å²) in [6, 6.07) is 17.7. The number of hydrogen-bond donors (Lipinski definition) is 7. The molecule has 3 rings (SSSR count). The van der Waals surface area contributed by atoms with Crippen molar-refractivity contribution < 1.29 is 24.3 Å². The Bertz CT molecular complexity index is 1350. The first-order valence-corrected chi connectivity index (χ1v) is 18.6. The lowest BCUT2D eigenvalue weighted by molar-refractivity contribution is -0.145. The van der Waals surface area contributed by atoms with E-state index in [9.17, 15) is 24.3 Å². The third-order valence-corrected chi connectivity index (χ3v) is 9.72. The van der Waals surface area contributed by atoms with E-state index in [1.54, 1.807) is 0 Å². The van der Waals surface area contributed by atoms with Gasteiger partial charge in [0.15, 0.2) is 0 Å². The van der Waals surface area contributed by atoms with Crippen LogP contribution in [0.25, 0.3) is 0 Å². The number of benzene rings is 2. The molecule has 2 aromatic carbocycles. The Balaban J connectivity index is 1.68. The molecule has 51 heavy (non-hydrogen) atoms. The standard InChI is InChI=1S/C39H61N7O5/c1-4-30(31-15-9-6-10-16-31)25-42-26-35(47)44-34(24-29-13-7-5-8-14-29)37(49)45-33(23-28(2)3)36(48)43-32(17-11-12-20-40)27-46-21-18-39(41,19-22-46)38(50)51/h5-10,13-16,28,30,32-34,42H,4,11-12,17-27,40-41H2,1-3H3,(H,43,48)(H,44,47)(H,45,49)(H,50,51)/t30?,32-,33-,34-/m1/s1. The highest BCUT2D eigenvalue weighted by molar-refractivity contribution is 5.92. The summed E-state index contributed by atoms with van der Waals surface area (Å²) in [5, 5.41) is 21.9. The van der Waals surface area contributed by atoms with Crippen LogP contribution in [0.3, 0.4) is 0 Å². The second-order valence-corrected chi connectivity index (χ2v) is 14.4. The lowest BCUT2D eigenvalue weighted by Gasteiger charge is -2.38. The molecule has 0 saturated carbocycles. The Hall–Kier alpha value is -3.84. The van der Waals surface area contributed by atoms with Crippen LogP contribution in [-0.4, -0.2) is 96.6 Å². The molecular formula is C39H61N7O5. The lowest BCUT2D eigenvalue weighted by Crippen LogP contribution is -2.59. The highest BCUT2D eigenvalue weighted by Gasteiger charge is 2.38. The summed E-state index contributed by atoms with van der Waals surface area (Å²) in [4.78, 5) is 54.8. The molecule has 1 aliphatic rings. The zero-order valence-corrected chi connectivity index (χ0v) is 30.7. The first-order valence-electron chi connectivity index (χ1n) is 18.6. The van der Waals surface area contributed by atoms with Crippen molar-refractivity contribution in [2.24, 2.45) is 17.4 Å². The van der Waals surface area contributed by atoms with Gasteiger partial charge in [-0.2, -0.15) is 0 Å². The number of rotatable bonds is 22. The molecule has 1 aliphatic heterocycles. The van der Waals surface area contributed by atoms with Crippen LogP contribution in [0.2, 0.25) is 0 Å². The van der Waals surface area contributed by atoms with Crippen molar-refractivity contribution in [3.05, 3.63) is 71.8 Å². The van der Waals surface area contributed by atoms with Crippen molar-refractivity contribution in [3.63, 3.8) is 0 Å². The second-order valence-electron chi connectivity index (χ2n) is 14.4. The fraction of sp³-hybridized carbons (Fsp3) is 0.590. The number of hydrogen-bond acceptors (Lipinski definition) is 8. The smallest absolute Gasteiger partial charge is 0.323 e. The Morgan fingerprint density at radius 2 is 1.51 bits per heavy atom. The highest BCUT2D eigenvalue weighted by atomic mass is 16.4. The molecule has 282 valence electrons. The molecule has 0 spiro atoms. The van der Waals surface area contributed by atoms with Crippen molar-refractivity contribution in [1.82, 2.24) is 26.2 Å². The molecule has 0 aromatic heterocycles. The molecule has 12 nitrogen and oxygen atoms in total. The highest BCUT2D eigenvalue weighted by Crippen LogP contribution is 2.21. The van der Waals surface area contributed by atoms with E-state index in [2.05, 4.69) is 45.2 Å². The Kier molecular flexibility index (Phi) is 17.5. The van der Waals surface area contributed by atoms with Crippen molar-refractivity contribution in [3.8, 4) is 0 Å². The molecule has 3 amide bonds. The summed E-state index contributed by atoms with van der Waals surface area (Å²) in [5.74, 6) is -1.64. The van der Waals surface area contributed by atoms with Gasteiger partial charge in [0.1, 0.15) is 17.6 Å². The lowest BCUT2D eigenvalue weighted by atomic mass is 9.88. The number of aliphatic carboxylic acids is 1. The van der Waals surface area contributed by atoms with Crippen LogP contribution in [0.15, 0.2) is 60.7 Å². The number of likely N-dealkylation sites (tertiary alicyclic amines) is 1. The Morgan fingerprint density at radius 1 is 0.882 bits per heavy atom. The van der Waals surface area contributed by atoms with Gasteiger partial charge in [0.05, 0.1) is 6.54 Å². The van der Waals surface area contributed by atoms with Crippen molar-refractivity contribution in [1.29, 1.82) is 0 Å². The number of nitrogens with zero attached hydrogens (tertiary/aromatic N) is 1. The minimum absolute atomic E-state index is 0.0521. The average molecular weight is 708 g/mol. The summed E-state index contributed by atoms with van der Waals surface area (Å²) in [6.07, 6.45) is 4.57. The van der Waals surface area contributed by atoms with Crippen LogP contribution in [0.1, 0.15) is 82.8 Å². The maximum absolute atomic E-state index is 13.9. The predicted octanol–water partition coefficient (Wildman–Crippen LogP) is 2.52. The molecule has 12 heteroatoms.